The van der Waals surface area contributed by atoms with Crippen molar-refractivity contribution in [1.29, 1.82) is 0 Å². The third-order valence-electron chi connectivity index (χ3n) is 7.81. The maximum absolute atomic E-state index is 6.50. The molecular formula is C26H54O4Si2. The molecule has 0 atom stereocenters. The summed E-state index contributed by atoms with van der Waals surface area (Å²) < 4.78 is 26.0. The van der Waals surface area contributed by atoms with E-state index in [-0.39, 0.29) is 0 Å². The summed E-state index contributed by atoms with van der Waals surface area (Å²) in [6.07, 6.45) is 18.6. The first-order chi connectivity index (χ1) is 15.7. The molecule has 0 radical (unpaired) electrons. The third kappa shape index (κ3) is 8.49. The Labute approximate surface area is 202 Å². The average Bonchev–Trinajstić information content (AvgIpc) is 2.83. The zero-order valence-corrected chi connectivity index (χ0v) is 23.9. The van der Waals surface area contributed by atoms with E-state index in [1.165, 1.54) is 102 Å². The van der Waals surface area contributed by atoms with Crippen molar-refractivity contribution in [3.05, 3.63) is 0 Å². The topological polar surface area (TPSA) is 36.9 Å². The molecule has 4 nitrogen and oxygen atoms in total. The summed E-state index contributed by atoms with van der Waals surface area (Å²) in [6, 6.07) is 2.36. The van der Waals surface area contributed by atoms with Crippen molar-refractivity contribution in [3.8, 4) is 0 Å². The molecule has 2 saturated carbocycles. The van der Waals surface area contributed by atoms with Gasteiger partial charge in [-0.05, 0) is 65.5 Å². The minimum absolute atomic E-state index is 0.707. The van der Waals surface area contributed by atoms with Gasteiger partial charge in [-0.25, -0.2) is 0 Å². The highest BCUT2D eigenvalue weighted by molar-refractivity contribution is 6.69. The number of hydrogen-bond donors (Lipinski definition) is 0. The summed E-state index contributed by atoms with van der Waals surface area (Å²) in [5.41, 5.74) is 1.41. The highest BCUT2D eigenvalue weighted by Crippen LogP contribution is 2.43. The van der Waals surface area contributed by atoms with Crippen molar-refractivity contribution in [3.63, 3.8) is 0 Å². The minimum atomic E-state index is -2.08. The normalized spacial score (nSPS) is 19.5. The molecule has 0 aromatic heterocycles. The highest BCUT2D eigenvalue weighted by atomic mass is 28.4. The fourth-order valence-electron chi connectivity index (χ4n) is 6.41. The second-order valence-corrected chi connectivity index (χ2v) is 17.0. The molecule has 0 aromatic rings. The molecule has 0 saturated heterocycles. The second kappa shape index (κ2) is 16.0. The monoisotopic (exact) mass is 486 g/mol. The summed E-state index contributed by atoms with van der Waals surface area (Å²) in [6.45, 7) is 11.8. The van der Waals surface area contributed by atoms with Crippen LogP contribution in [-0.4, -0.2) is 43.5 Å². The predicted octanol–water partition coefficient (Wildman–Crippen LogP) is 8.25. The van der Waals surface area contributed by atoms with Gasteiger partial charge in [0.25, 0.3) is 0 Å². The van der Waals surface area contributed by atoms with Crippen molar-refractivity contribution in [2.45, 2.75) is 141 Å². The van der Waals surface area contributed by atoms with Gasteiger partial charge in [-0.2, -0.15) is 0 Å². The maximum atomic E-state index is 6.50. The van der Waals surface area contributed by atoms with E-state index in [9.17, 15) is 0 Å². The van der Waals surface area contributed by atoms with Crippen LogP contribution in [0.2, 0.25) is 23.2 Å². The second-order valence-electron chi connectivity index (χ2n) is 9.94. The first-order valence-corrected chi connectivity index (χ1v) is 18.4. The lowest BCUT2D eigenvalue weighted by molar-refractivity contribution is 0.161. The Hall–Kier alpha value is 0.274. The van der Waals surface area contributed by atoms with Gasteiger partial charge in [-0.3, -0.25) is 0 Å². The van der Waals surface area contributed by atoms with Gasteiger partial charge in [0.05, 0.1) is 0 Å². The van der Waals surface area contributed by atoms with Crippen molar-refractivity contribution in [1.82, 2.24) is 0 Å². The lowest BCUT2D eigenvalue weighted by Crippen LogP contribution is -2.48. The highest BCUT2D eigenvalue weighted by Gasteiger charge is 2.46. The van der Waals surface area contributed by atoms with Crippen LogP contribution < -0.4 is 0 Å². The minimum Gasteiger partial charge on any atom is -0.394 e. The van der Waals surface area contributed by atoms with E-state index in [2.05, 4.69) is 27.7 Å². The number of rotatable bonds is 17. The zero-order chi connectivity index (χ0) is 23.1. The van der Waals surface area contributed by atoms with Gasteiger partial charge in [0, 0.05) is 37.5 Å². The van der Waals surface area contributed by atoms with Crippen molar-refractivity contribution >= 4 is 17.1 Å². The summed E-state index contributed by atoms with van der Waals surface area (Å²) in [4.78, 5) is 0. The van der Waals surface area contributed by atoms with Crippen molar-refractivity contribution < 1.29 is 17.7 Å². The van der Waals surface area contributed by atoms with Gasteiger partial charge in [0.2, 0.25) is 0 Å². The smallest absolute Gasteiger partial charge is 0.341 e. The van der Waals surface area contributed by atoms with Crippen LogP contribution in [0.15, 0.2) is 0 Å². The van der Waals surface area contributed by atoms with Crippen LogP contribution in [0, 0.1) is 0 Å². The Balaban J connectivity index is 1.85. The lowest BCUT2D eigenvalue weighted by atomic mass is 10.0. The van der Waals surface area contributed by atoms with Crippen LogP contribution in [0.1, 0.15) is 118 Å². The van der Waals surface area contributed by atoms with Crippen LogP contribution in [0.3, 0.4) is 0 Å². The molecule has 190 valence electrons. The Morgan fingerprint density at radius 3 is 1.06 bits per heavy atom. The van der Waals surface area contributed by atoms with Crippen LogP contribution in [0.25, 0.3) is 0 Å². The molecule has 0 amide bonds. The van der Waals surface area contributed by atoms with Crippen molar-refractivity contribution in [2.75, 3.05) is 26.4 Å². The van der Waals surface area contributed by atoms with E-state index in [1.54, 1.807) is 0 Å². The summed E-state index contributed by atoms with van der Waals surface area (Å²) in [7, 11) is -4.17. The fraction of sp³-hybridized carbons (Fsp3) is 1.00. The summed E-state index contributed by atoms with van der Waals surface area (Å²) >= 11 is 0. The largest absolute Gasteiger partial charge is 0.394 e. The first-order valence-electron chi connectivity index (χ1n) is 14.2. The van der Waals surface area contributed by atoms with E-state index in [0.717, 1.165) is 26.4 Å². The van der Waals surface area contributed by atoms with Gasteiger partial charge >= 0.3 is 17.1 Å². The zero-order valence-electron chi connectivity index (χ0n) is 21.9. The molecule has 2 aliphatic carbocycles. The quantitative estimate of drug-likeness (QED) is 0.153. The van der Waals surface area contributed by atoms with Crippen LogP contribution in [-0.2, 0) is 17.7 Å². The molecule has 32 heavy (non-hydrogen) atoms. The molecular weight excluding hydrogens is 432 g/mol. The van der Waals surface area contributed by atoms with Gasteiger partial charge < -0.3 is 17.7 Å². The molecule has 0 N–H and O–H groups in total. The van der Waals surface area contributed by atoms with Crippen molar-refractivity contribution in [2.24, 2.45) is 0 Å². The Morgan fingerprint density at radius 1 is 0.469 bits per heavy atom. The van der Waals surface area contributed by atoms with E-state index in [0.29, 0.717) is 11.1 Å². The molecule has 2 aliphatic rings. The fourth-order valence-corrected chi connectivity index (χ4v) is 14.9. The van der Waals surface area contributed by atoms with E-state index in [1.807, 2.05) is 0 Å². The Morgan fingerprint density at radius 2 is 0.781 bits per heavy atom. The molecule has 2 rings (SSSR count). The number of hydrogen-bond acceptors (Lipinski definition) is 4. The SMILES string of the molecule is CCO[Si](CCCCCC[Si](OCC)(OCC)C1CCCCC1)(OCC)C1CCCCC1. The van der Waals surface area contributed by atoms with E-state index < -0.39 is 17.1 Å². The molecule has 0 heterocycles. The first kappa shape index (κ1) is 28.5. The van der Waals surface area contributed by atoms with Crippen LogP contribution >= 0.6 is 0 Å². The molecule has 0 bridgehead atoms. The molecule has 2 fully saturated rings. The Kier molecular flexibility index (Phi) is 14.3. The van der Waals surface area contributed by atoms with Gasteiger partial charge in [-0.1, -0.05) is 64.2 Å². The number of unbranched alkanes of at least 4 members (excludes halogenated alkanes) is 3. The van der Waals surface area contributed by atoms with Gasteiger partial charge in [0.1, 0.15) is 0 Å². The van der Waals surface area contributed by atoms with E-state index in [4.69, 9.17) is 17.7 Å². The standard InChI is InChI=1S/C26H54O4Si2/c1-5-27-31(28-6-2,25-19-13-11-14-20-25)23-17-9-10-18-24-32(29-7-3,30-8-4)26-21-15-12-16-22-26/h25-26H,5-24H2,1-4H3. The molecule has 0 aliphatic heterocycles. The van der Waals surface area contributed by atoms with E-state index >= 15 is 0 Å². The maximum Gasteiger partial charge on any atom is 0.341 e. The molecule has 6 heteroatoms. The van der Waals surface area contributed by atoms with Gasteiger partial charge in [-0.15, -0.1) is 0 Å². The molecule has 0 unspecified atom stereocenters. The van der Waals surface area contributed by atoms with Crippen LogP contribution in [0.4, 0.5) is 0 Å². The molecule has 0 spiro atoms. The third-order valence-corrected chi connectivity index (χ3v) is 16.7. The van der Waals surface area contributed by atoms with Gasteiger partial charge in [0.15, 0.2) is 0 Å². The van der Waals surface area contributed by atoms with Crippen LogP contribution in [0.5, 0.6) is 0 Å². The summed E-state index contributed by atoms with van der Waals surface area (Å²) in [5, 5.41) is 0. The summed E-state index contributed by atoms with van der Waals surface area (Å²) in [5.74, 6) is 0. The predicted molar refractivity (Wildman–Crippen MR) is 140 cm³/mol. The average molecular weight is 487 g/mol. The lowest BCUT2D eigenvalue weighted by Gasteiger charge is -2.39. The Bertz CT molecular complexity index is 411. The molecule has 0 aromatic carbocycles.